The standard InChI is InChI=1S/C14H9F6N5O/c15-13(16,17)9-3-8(4-10(5-9)14(18,19)20)12-21-6-25(24-12)2-1-11-23-22-7-26-11/h3-7H,1-2H2. The third kappa shape index (κ3) is 4.00. The zero-order valence-electron chi connectivity index (χ0n) is 12.7. The molecular weight excluding hydrogens is 368 g/mol. The van der Waals surface area contributed by atoms with Crippen molar-refractivity contribution in [3.8, 4) is 11.4 Å². The Hall–Kier alpha value is -2.92. The lowest BCUT2D eigenvalue weighted by Crippen LogP contribution is -2.11. The maximum atomic E-state index is 12.9. The Morgan fingerprint density at radius 3 is 2.15 bits per heavy atom. The molecule has 0 bridgehead atoms. The first kappa shape index (κ1) is 17.9. The van der Waals surface area contributed by atoms with E-state index in [1.807, 2.05) is 0 Å². The highest BCUT2D eigenvalue weighted by Gasteiger charge is 2.37. The largest absolute Gasteiger partial charge is 0.428 e. The van der Waals surface area contributed by atoms with Gasteiger partial charge in [-0.3, -0.25) is 4.68 Å². The number of alkyl halides is 6. The van der Waals surface area contributed by atoms with Crippen molar-refractivity contribution in [3.63, 3.8) is 0 Å². The molecule has 3 aromatic rings. The van der Waals surface area contributed by atoms with Crippen LogP contribution in [0.25, 0.3) is 11.4 Å². The second-order valence-corrected chi connectivity index (χ2v) is 5.21. The molecule has 12 heteroatoms. The van der Waals surface area contributed by atoms with E-state index >= 15 is 0 Å². The summed E-state index contributed by atoms with van der Waals surface area (Å²) in [4.78, 5) is 3.78. The minimum atomic E-state index is -4.93. The number of hydrogen-bond acceptors (Lipinski definition) is 5. The Balaban J connectivity index is 1.90. The van der Waals surface area contributed by atoms with Crippen LogP contribution in [0.2, 0.25) is 0 Å². The van der Waals surface area contributed by atoms with Gasteiger partial charge in [0.15, 0.2) is 5.82 Å². The van der Waals surface area contributed by atoms with Gasteiger partial charge in [-0.25, -0.2) is 4.98 Å². The lowest BCUT2D eigenvalue weighted by molar-refractivity contribution is -0.143. The summed E-state index contributed by atoms with van der Waals surface area (Å²) in [6.45, 7) is 0.209. The molecule has 0 N–H and O–H groups in total. The molecule has 6 nitrogen and oxygen atoms in total. The van der Waals surface area contributed by atoms with E-state index in [4.69, 9.17) is 4.42 Å². The molecule has 0 aliphatic carbocycles. The first-order valence-electron chi connectivity index (χ1n) is 7.07. The van der Waals surface area contributed by atoms with Crippen LogP contribution in [-0.2, 0) is 25.3 Å². The van der Waals surface area contributed by atoms with E-state index in [1.54, 1.807) is 0 Å². The second kappa shape index (κ2) is 6.42. The average Bonchev–Trinajstić information content (AvgIpc) is 3.22. The molecule has 0 atom stereocenters. The first-order valence-corrected chi connectivity index (χ1v) is 7.07. The van der Waals surface area contributed by atoms with Crippen molar-refractivity contribution in [3.05, 3.63) is 47.9 Å². The highest BCUT2D eigenvalue weighted by molar-refractivity contribution is 5.58. The van der Waals surface area contributed by atoms with Crippen molar-refractivity contribution < 1.29 is 30.8 Å². The molecule has 0 radical (unpaired) electrons. The van der Waals surface area contributed by atoms with Crippen LogP contribution in [0.4, 0.5) is 26.3 Å². The molecule has 1 aromatic carbocycles. The Bertz CT molecular complexity index is 852. The fraction of sp³-hybridized carbons (Fsp3) is 0.286. The summed E-state index contributed by atoms with van der Waals surface area (Å²) >= 11 is 0. The number of nitrogens with zero attached hydrogens (tertiary/aromatic N) is 5. The van der Waals surface area contributed by atoms with Crippen LogP contribution in [-0.4, -0.2) is 25.0 Å². The summed E-state index contributed by atoms with van der Waals surface area (Å²) in [7, 11) is 0. The van der Waals surface area contributed by atoms with Gasteiger partial charge >= 0.3 is 12.4 Å². The van der Waals surface area contributed by atoms with Gasteiger partial charge in [0.25, 0.3) is 0 Å². The van der Waals surface area contributed by atoms with E-state index in [0.29, 0.717) is 18.0 Å². The van der Waals surface area contributed by atoms with Crippen LogP contribution >= 0.6 is 0 Å². The summed E-state index contributed by atoms with van der Waals surface area (Å²) in [5.74, 6) is 0.0487. The fourth-order valence-corrected chi connectivity index (χ4v) is 2.13. The zero-order chi connectivity index (χ0) is 18.9. The minimum Gasteiger partial charge on any atom is -0.428 e. The predicted molar refractivity (Wildman–Crippen MR) is 73.5 cm³/mol. The van der Waals surface area contributed by atoms with Crippen LogP contribution in [0.15, 0.2) is 35.3 Å². The van der Waals surface area contributed by atoms with Gasteiger partial charge in [0.2, 0.25) is 12.3 Å². The monoisotopic (exact) mass is 377 g/mol. The third-order valence-corrected chi connectivity index (χ3v) is 3.34. The molecule has 3 rings (SSSR count). The van der Waals surface area contributed by atoms with Crippen LogP contribution in [0.1, 0.15) is 17.0 Å². The minimum absolute atomic E-state index is 0.0517. The van der Waals surface area contributed by atoms with Crippen LogP contribution in [0.5, 0.6) is 0 Å². The molecule has 138 valence electrons. The highest BCUT2D eigenvalue weighted by Crippen LogP contribution is 2.37. The lowest BCUT2D eigenvalue weighted by Gasteiger charge is -2.13. The molecule has 0 amide bonds. The van der Waals surface area contributed by atoms with Gasteiger partial charge in [-0.2, -0.15) is 31.4 Å². The van der Waals surface area contributed by atoms with Gasteiger partial charge in [0.1, 0.15) is 6.33 Å². The van der Waals surface area contributed by atoms with Crippen molar-refractivity contribution in [2.24, 2.45) is 0 Å². The molecule has 2 heterocycles. The van der Waals surface area contributed by atoms with E-state index in [0.717, 1.165) is 6.39 Å². The molecule has 0 fully saturated rings. The molecule has 26 heavy (non-hydrogen) atoms. The van der Waals surface area contributed by atoms with Crippen LogP contribution in [0.3, 0.4) is 0 Å². The summed E-state index contributed by atoms with van der Waals surface area (Å²) in [6, 6.07) is 1.20. The molecule has 2 aromatic heterocycles. The number of rotatable bonds is 4. The van der Waals surface area contributed by atoms with Gasteiger partial charge in [0.05, 0.1) is 17.7 Å². The van der Waals surface area contributed by atoms with E-state index in [1.165, 1.54) is 11.0 Å². The van der Waals surface area contributed by atoms with Crippen LogP contribution < -0.4 is 0 Å². The number of aryl methyl sites for hydroxylation is 2. The molecular formula is C14H9F6N5O. The average molecular weight is 377 g/mol. The summed E-state index contributed by atoms with van der Waals surface area (Å²) in [6.07, 6.45) is -7.27. The highest BCUT2D eigenvalue weighted by atomic mass is 19.4. The number of aromatic nitrogens is 5. The van der Waals surface area contributed by atoms with Gasteiger partial charge < -0.3 is 4.42 Å². The Kier molecular flexibility index (Phi) is 4.42. The topological polar surface area (TPSA) is 69.6 Å². The van der Waals surface area contributed by atoms with E-state index in [2.05, 4.69) is 20.3 Å². The SMILES string of the molecule is FC(F)(F)c1cc(-c2ncn(CCc3nnco3)n2)cc(C(F)(F)F)c1. The normalized spacial score (nSPS) is 12.5. The van der Waals surface area contributed by atoms with Gasteiger partial charge in [0, 0.05) is 12.0 Å². The van der Waals surface area contributed by atoms with Gasteiger partial charge in [-0.15, -0.1) is 10.2 Å². The lowest BCUT2D eigenvalue weighted by atomic mass is 10.0. The first-order chi connectivity index (χ1) is 12.1. The Morgan fingerprint density at radius 2 is 1.62 bits per heavy atom. The maximum Gasteiger partial charge on any atom is 0.416 e. The third-order valence-electron chi connectivity index (χ3n) is 3.34. The van der Waals surface area contributed by atoms with E-state index < -0.39 is 23.5 Å². The van der Waals surface area contributed by atoms with Crippen molar-refractivity contribution in [1.29, 1.82) is 0 Å². The van der Waals surface area contributed by atoms with Crippen molar-refractivity contribution in [2.45, 2.75) is 25.3 Å². The van der Waals surface area contributed by atoms with Gasteiger partial charge in [-0.05, 0) is 18.2 Å². The smallest absolute Gasteiger partial charge is 0.416 e. The zero-order valence-corrected chi connectivity index (χ0v) is 12.7. The molecule has 0 saturated heterocycles. The number of halogens is 6. The maximum absolute atomic E-state index is 12.9. The van der Waals surface area contributed by atoms with Crippen molar-refractivity contribution in [2.75, 3.05) is 0 Å². The Labute approximate surface area is 141 Å². The summed E-state index contributed by atoms with van der Waals surface area (Å²) in [5.41, 5.74) is -3.24. The second-order valence-electron chi connectivity index (χ2n) is 5.21. The van der Waals surface area contributed by atoms with Gasteiger partial charge in [-0.1, -0.05) is 0 Å². The van der Waals surface area contributed by atoms with E-state index in [9.17, 15) is 26.3 Å². The number of benzene rings is 1. The molecule has 0 aliphatic heterocycles. The van der Waals surface area contributed by atoms with Crippen molar-refractivity contribution in [1.82, 2.24) is 25.0 Å². The summed E-state index contributed by atoms with van der Waals surface area (Å²) in [5, 5.41) is 11.0. The molecule has 0 unspecified atom stereocenters. The molecule has 0 aliphatic rings. The molecule has 0 saturated carbocycles. The van der Waals surface area contributed by atoms with Crippen molar-refractivity contribution >= 4 is 0 Å². The Morgan fingerprint density at radius 1 is 0.962 bits per heavy atom. The van der Waals surface area contributed by atoms with E-state index in [-0.39, 0.29) is 30.4 Å². The molecule has 0 spiro atoms. The summed E-state index contributed by atoms with van der Waals surface area (Å²) < 4.78 is 83.6. The fourth-order valence-electron chi connectivity index (χ4n) is 2.13. The van der Waals surface area contributed by atoms with Crippen LogP contribution in [0, 0.1) is 0 Å². The number of hydrogen-bond donors (Lipinski definition) is 0. The predicted octanol–water partition coefficient (Wildman–Crippen LogP) is 3.61. The quantitative estimate of drug-likeness (QED) is 0.650.